The molecule has 1 heterocycles. The highest BCUT2D eigenvalue weighted by Gasteiger charge is 2.30. The number of fused-ring (bicyclic) bond motifs is 4. The fourth-order valence-corrected chi connectivity index (χ4v) is 6.15. The molecule has 6 nitrogen and oxygen atoms in total. The number of hydrogen-bond donors (Lipinski definition) is 2. The molecule has 2 aliphatic carbocycles. The molecule has 38 heavy (non-hydrogen) atoms. The number of anilines is 2. The Morgan fingerprint density at radius 2 is 1.47 bits per heavy atom. The molecule has 0 saturated heterocycles. The van der Waals surface area contributed by atoms with Gasteiger partial charge in [-0.3, -0.25) is 4.79 Å². The van der Waals surface area contributed by atoms with Gasteiger partial charge >= 0.3 is 0 Å². The standard InChI is InChI=1S/C32H35N5O/c1-37(2)31-27-13-7-8-14-29(27)35-32(36-31)34-22-17-15-21(16-18-22)20-33-30(38)19-28-25-11-5-3-9-23(25)24-10-4-6-12-26(24)28/h3-14,21-22,28H,15-20H2,1-2H3,(H,33,38)(H,34,35,36)/t21-,22+. The van der Waals surface area contributed by atoms with Crippen molar-refractivity contribution in [2.45, 2.75) is 44.1 Å². The smallest absolute Gasteiger partial charge is 0.225 e. The van der Waals surface area contributed by atoms with Crippen molar-refractivity contribution in [1.29, 1.82) is 0 Å². The highest BCUT2D eigenvalue weighted by molar-refractivity contribution is 5.90. The normalized spacial score (nSPS) is 18.6. The SMILES string of the molecule is CN(C)c1nc(N[C@H]2CC[C@@H](CNC(=O)CC3c4ccccc4-c4ccccc43)CC2)nc2ccccc12. The van der Waals surface area contributed by atoms with Gasteiger partial charge < -0.3 is 15.5 Å². The van der Waals surface area contributed by atoms with Gasteiger partial charge in [-0.1, -0.05) is 60.7 Å². The number of nitrogens with one attached hydrogen (secondary N) is 2. The number of benzene rings is 3. The van der Waals surface area contributed by atoms with Crippen molar-refractivity contribution in [1.82, 2.24) is 15.3 Å². The summed E-state index contributed by atoms with van der Waals surface area (Å²) >= 11 is 0. The topological polar surface area (TPSA) is 70.2 Å². The molecular weight excluding hydrogens is 470 g/mol. The fourth-order valence-electron chi connectivity index (χ4n) is 6.15. The van der Waals surface area contributed by atoms with E-state index in [1.165, 1.54) is 22.3 Å². The molecule has 0 atom stereocenters. The van der Waals surface area contributed by atoms with E-state index in [1.54, 1.807) is 0 Å². The average molecular weight is 506 g/mol. The number of nitrogens with zero attached hydrogens (tertiary/aromatic N) is 3. The monoisotopic (exact) mass is 505 g/mol. The molecule has 1 fully saturated rings. The van der Waals surface area contributed by atoms with Crippen molar-refractivity contribution in [2.75, 3.05) is 30.9 Å². The van der Waals surface area contributed by atoms with Crippen molar-refractivity contribution < 1.29 is 4.79 Å². The van der Waals surface area contributed by atoms with Gasteiger partial charge in [0.15, 0.2) is 0 Å². The Morgan fingerprint density at radius 3 is 2.16 bits per heavy atom. The molecule has 0 unspecified atom stereocenters. The van der Waals surface area contributed by atoms with Crippen LogP contribution < -0.4 is 15.5 Å². The number of aromatic nitrogens is 2. The van der Waals surface area contributed by atoms with Gasteiger partial charge in [-0.05, 0) is 66.0 Å². The lowest BCUT2D eigenvalue weighted by molar-refractivity contribution is -0.121. The quantitative estimate of drug-likeness (QED) is 0.323. The van der Waals surface area contributed by atoms with E-state index in [4.69, 9.17) is 9.97 Å². The minimum atomic E-state index is 0.136. The van der Waals surface area contributed by atoms with E-state index in [0.29, 0.717) is 24.3 Å². The van der Waals surface area contributed by atoms with Crippen molar-refractivity contribution in [3.05, 3.63) is 83.9 Å². The molecule has 4 aromatic rings. The van der Waals surface area contributed by atoms with E-state index >= 15 is 0 Å². The summed E-state index contributed by atoms with van der Waals surface area (Å²) in [6.07, 6.45) is 4.77. The summed E-state index contributed by atoms with van der Waals surface area (Å²) < 4.78 is 0. The second kappa shape index (κ2) is 10.4. The molecule has 2 N–H and O–H groups in total. The first-order chi connectivity index (χ1) is 18.6. The van der Waals surface area contributed by atoms with Gasteiger partial charge in [-0.15, -0.1) is 0 Å². The molecule has 3 aromatic carbocycles. The van der Waals surface area contributed by atoms with Crippen molar-refractivity contribution >= 4 is 28.6 Å². The van der Waals surface area contributed by atoms with Crippen LogP contribution in [0.25, 0.3) is 22.0 Å². The van der Waals surface area contributed by atoms with Crippen molar-refractivity contribution in [3.8, 4) is 11.1 Å². The van der Waals surface area contributed by atoms with Crippen LogP contribution in [-0.2, 0) is 4.79 Å². The Bertz CT molecular complexity index is 1410. The number of amides is 1. The van der Waals surface area contributed by atoms with E-state index in [9.17, 15) is 4.79 Å². The largest absolute Gasteiger partial charge is 0.362 e. The maximum Gasteiger partial charge on any atom is 0.225 e. The van der Waals surface area contributed by atoms with Crippen LogP contribution in [0, 0.1) is 5.92 Å². The molecule has 0 bridgehead atoms. The van der Waals surface area contributed by atoms with Crippen LogP contribution in [0.3, 0.4) is 0 Å². The molecule has 2 aliphatic rings. The van der Waals surface area contributed by atoms with Crippen LogP contribution in [0.1, 0.15) is 49.1 Å². The predicted molar refractivity (Wildman–Crippen MR) is 155 cm³/mol. The van der Waals surface area contributed by atoms with Gasteiger partial charge in [0.25, 0.3) is 0 Å². The molecule has 1 amide bonds. The summed E-state index contributed by atoms with van der Waals surface area (Å²) in [5.74, 6) is 2.41. The summed E-state index contributed by atoms with van der Waals surface area (Å²) in [7, 11) is 4.03. The van der Waals surface area contributed by atoms with Crippen LogP contribution in [0.2, 0.25) is 0 Å². The third kappa shape index (κ3) is 4.83. The zero-order valence-corrected chi connectivity index (χ0v) is 22.2. The van der Waals surface area contributed by atoms with Crippen molar-refractivity contribution in [3.63, 3.8) is 0 Å². The highest BCUT2D eigenvalue weighted by Crippen LogP contribution is 2.46. The molecule has 1 saturated carbocycles. The summed E-state index contributed by atoms with van der Waals surface area (Å²) in [5.41, 5.74) is 6.02. The lowest BCUT2D eigenvalue weighted by Crippen LogP contribution is -2.34. The van der Waals surface area contributed by atoms with E-state index in [-0.39, 0.29) is 11.8 Å². The summed E-state index contributed by atoms with van der Waals surface area (Å²) in [6.45, 7) is 0.749. The minimum absolute atomic E-state index is 0.136. The lowest BCUT2D eigenvalue weighted by atomic mass is 9.86. The summed E-state index contributed by atoms with van der Waals surface area (Å²) in [6, 6.07) is 25.5. The van der Waals surface area contributed by atoms with Gasteiger partial charge in [0.1, 0.15) is 5.82 Å². The highest BCUT2D eigenvalue weighted by atomic mass is 16.1. The second-order valence-electron chi connectivity index (χ2n) is 10.9. The minimum Gasteiger partial charge on any atom is -0.362 e. The second-order valence-corrected chi connectivity index (χ2v) is 10.9. The van der Waals surface area contributed by atoms with Crippen molar-refractivity contribution in [2.24, 2.45) is 5.92 Å². The first kappa shape index (κ1) is 24.4. The van der Waals surface area contributed by atoms with Gasteiger partial charge in [0.05, 0.1) is 5.52 Å². The zero-order chi connectivity index (χ0) is 26.1. The van der Waals surface area contributed by atoms with Crippen LogP contribution in [0.4, 0.5) is 11.8 Å². The Hall–Kier alpha value is -3.93. The molecule has 6 heteroatoms. The lowest BCUT2D eigenvalue weighted by Gasteiger charge is -2.29. The van der Waals surface area contributed by atoms with Crippen LogP contribution in [0.5, 0.6) is 0 Å². The van der Waals surface area contributed by atoms with Crippen LogP contribution in [-0.4, -0.2) is 42.6 Å². The number of hydrogen-bond acceptors (Lipinski definition) is 5. The molecule has 0 aliphatic heterocycles. The zero-order valence-electron chi connectivity index (χ0n) is 22.2. The molecule has 0 spiro atoms. The van der Waals surface area contributed by atoms with Crippen LogP contribution in [0.15, 0.2) is 72.8 Å². The number of para-hydroxylation sites is 1. The summed E-state index contributed by atoms with van der Waals surface area (Å²) in [4.78, 5) is 24.6. The van der Waals surface area contributed by atoms with E-state index in [2.05, 4.69) is 65.2 Å². The maximum absolute atomic E-state index is 13.0. The van der Waals surface area contributed by atoms with Gasteiger partial charge in [0, 0.05) is 44.4 Å². The third-order valence-corrected chi connectivity index (χ3v) is 8.13. The summed E-state index contributed by atoms with van der Waals surface area (Å²) in [5, 5.41) is 7.90. The Balaban J connectivity index is 1.02. The number of carbonyl (C=O) groups is 1. The molecule has 0 radical (unpaired) electrons. The van der Waals surface area contributed by atoms with Gasteiger partial charge in [0.2, 0.25) is 11.9 Å². The first-order valence-corrected chi connectivity index (χ1v) is 13.7. The predicted octanol–water partition coefficient (Wildman–Crippen LogP) is 5.99. The fraction of sp³-hybridized carbons (Fsp3) is 0.344. The number of carbonyl (C=O) groups excluding carboxylic acids is 1. The third-order valence-electron chi connectivity index (χ3n) is 8.13. The molecule has 194 valence electrons. The van der Waals surface area contributed by atoms with E-state index < -0.39 is 0 Å². The molecule has 1 aromatic heterocycles. The molecule has 6 rings (SSSR count). The maximum atomic E-state index is 13.0. The van der Waals surface area contributed by atoms with E-state index in [1.807, 2.05) is 37.2 Å². The van der Waals surface area contributed by atoms with Crippen LogP contribution >= 0.6 is 0 Å². The average Bonchev–Trinajstić information content (AvgIpc) is 3.25. The Labute approximate surface area is 224 Å². The molecular formula is C32H35N5O. The first-order valence-electron chi connectivity index (χ1n) is 13.7. The van der Waals surface area contributed by atoms with Gasteiger partial charge in [-0.2, -0.15) is 4.98 Å². The Morgan fingerprint density at radius 1 is 0.842 bits per heavy atom. The Kier molecular flexibility index (Phi) is 6.71. The number of rotatable bonds is 7. The van der Waals surface area contributed by atoms with E-state index in [0.717, 1.165) is 48.9 Å². The van der Waals surface area contributed by atoms with Gasteiger partial charge in [-0.25, -0.2) is 4.98 Å².